The maximum Gasteiger partial charge on any atom is 0.272 e. The zero-order chi connectivity index (χ0) is 30.2. The Morgan fingerprint density at radius 1 is 0.791 bits per heavy atom. The number of hydrogen-bond acceptors (Lipinski definition) is 6. The molecule has 0 aliphatic carbocycles. The molecule has 0 saturated carbocycles. The highest BCUT2D eigenvalue weighted by molar-refractivity contribution is 8.00. The highest BCUT2D eigenvalue weighted by Gasteiger charge is 2.19. The van der Waals surface area contributed by atoms with E-state index < -0.39 is 17.1 Å². The maximum atomic E-state index is 13.4. The lowest BCUT2D eigenvalue weighted by molar-refractivity contribution is -0.115. The highest BCUT2D eigenvalue weighted by Crippen LogP contribution is 2.33. The lowest BCUT2D eigenvalue weighted by Crippen LogP contribution is -2.30. The number of aryl methyl sites for hydroxylation is 1. The van der Waals surface area contributed by atoms with Crippen molar-refractivity contribution in [1.82, 2.24) is 5.32 Å². The molecule has 1 unspecified atom stereocenters. The van der Waals surface area contributed by atoms with Crippen molar-refractivity contribution < 1.29 is 23.9 Å². The molecular formula is C34H31N3O5S. The third-order valence-corrected chi connectivity index (χ3v) is 7.59. The van der Waals surface area contributed by atoms with Gasteiger partial charge in [-0.25, -0.2) is 0 Å². The second-order valence-electron chi connectivity index (χ2n) is 9.88. The van der Waals surface area contributed by atoms with Crippen LogP contribution in [-0.4, -0.2) is 36.2 Å². The number of carbonyl (C=O) groups is 3. The number of anilines is 2. The zero-order valence-electron chi connectivity index (χ0n) is 23.8. The van der Waals surface area contributed by atoms with E-state index in [9.17, 15) is 14.4 Å². The fraction of sp³-hybridized carbons (Fsp3) is 0.147. The van der Waals surface area contributed by atoms with Gasteiger partial charge in [-0.05, 0) is 68.0 Å². The number of benzene rings is 4. The third-order valence-electron chi connectivity index (χ3n) is 6.50. The normalized spacial score (nSPS) is 13.0. The molecule has 218 valence electrons. The first-order valence-corrected chi connectivity index (χ1v) is 14.7. The monoisotopic (exact) mass is 593 g/mol. The van der Waals surface area contributed by atoms with E-state index in [4.69, 9.17) is 9.47 Å². The minimum Gasteiger partial charge on any atom is -0.486 e. The minimum absolute atomic E-state index is 0.0999. The van der Waals surface area contributed by atoms with Crippen molar-refractivity contribution in [3.63, 3.8) is 0 Å². The summed E-state index contributed by atoms with van der Waals surface area (Å²) in [5.74, 6) is 0.210. The Kier molecular flexibility index (Phi) is 9.43. The average molecular weight is 594 g/mol. The number of nitrogens with one attached hydrogen (secondary N) is 3. The summed E-state index contributed by atoms with van der Waals surface area (Å²) < 4.78 is 11.1. The molecule has 9 heteroatoms. The Morgan fingerprint density at radius 3 is 2.28 bits per heavy atom. The van der Waals surface area contributed by atoms with Crippen LogP contribution in [0.25, 0.3) is 6.08 Å². The molecule has 1 atom stereocenters. The Morgan fingerprint density at radius 2 is 1.51 bits per heavy atom. The van der Waals surface area contributed by atoms with E-state index in [-0.39, 0.29) is 11.6 Å². The fourth-order valence-corrected chi connectivity index (χ4v) is 5.17. The van der Waals surface area contributed by atoms with E-state index in [0.717, 1.165) is 16.0 Å². The Balaban J connectivity index is 1.26. The van der Waals surface area contributed by atoms with Crippen LogP contribution in [0, 0.1) is 6.92 Å². The van der Waals surface area contributed by atoms with Gasteiger partial charge in [0.25, 0.3) is 11.8 Å². The molecule has 0 spiro atoms. The van der Waals surface area contributed by atoms with Gasteiger partial charge in [0.2, 0.25) is 5.91 Å². The van der Waals surface area contributed by atoms with E-state index in [2.05, 4.69) is 16.0 Å². The number of rotatable bonds is 9. The van der Waals surface area contributed by atoms with Crippen molar-refractivity contribution in [2.45, 2.75) is 24.0 Å². The molecule has 0 radical (unpaired) electrons. The second kappa shape index (κ2) is 13.8. The van der Waals surface area contributed by atoms with Crippen LogP contribution in [0.3, 0.4) is 0 Å². The number of ether oxygens (including phenoxy) is 2. The largest absolute Gasteiger partial charge is 0.486 e. The predicted octanol–water partition coefficient (Wildman–Crippen LogP) is 6.30. The van der Waals surface area contributed by atoms with Gasteiger partial charge in [0, 0.05) is 27.9 Å². The van der Waals surface area contributed by atoms with Gasteiger partial charge in [-0.2, -0.15) is 0 Å². The number of carbonyl (C=O) groups excluding carboxylic acids is 3. The smallest absolute Gasteiger partial charge is 0.272 e. The molecule has 1 aliphatic heterocycles. The van der Waals surface area contributed by atoms with Crippen LogP contribution < -0.4 is 25.4 Å². The van der Waals surface area contributed by atoms with Crippen LogP contribution in [0.15, 0.2) is 108 Å². The molecule has 4 aromatic rings. The van der Waals surface area contributed by atoms with Gasteiger partial charge >= 0.3 is 0 Å². The summed E-state index contributed by atoms with van der Waals surface area (Å²) >= 11 is 1.36. The lowest BCUT2D eigenvalue weighted by Gasteiger charge is -2.19. The second-order valence-corrected chi connectivity index (χ2v) is 11.3. The molecule has 5 rings (SSSR count). The van der Waals surface area contributed by atoms with E-state index in [1.807, 2.05) is 50.2 Å². The standard InChI is InChI=1S/C34H31N3O5S/c1-22-11-13-24(14-12-22)19-29(37-33(39)25-7-4-3-5-8-25)34(40)36-26-9-6-10-28(20-26)43-23(2)32(38)35-27-15-16-30-31(21-27)42-18-17-41-30/h3-16,19-21,23H,17-18H2,1-2H3,(H,35,38)(H,36,40)(H,37,39)/b29-19-. The van der Waals surface area contributed by atoms with Gasteiger partial charge in [-0.3, -0.25) is 14.4 Å². The van der Waals surface area contributed by atoms with Crippen molar-refractivity contribution >= 4 is 46.9 Å². The number of amides is 3. The summed E-state index contributed by atoms with van der Waals surface area (Å²) in [5, 5.41) is 8.13. The van der Waals surface area contributed by atoms with Crippen molar-refractivity contribution in [3.05, 3.63) is 119 Å². The van der Waals surface area contributed by atoms with Gasteiger partial charge < -0.3 is 25.4 Å². The van der Waals surface area contributed by atoms with Crippen LogP contribution in [0.2, 0.25) is 0 Å². The van der Waals surface area contributed by atoms with Crippen LogP contribution in [0.5, 0.6) is 11.5 Å². The Hall–Kier alpha value is -5.02. The zero-order valence-corrected chi connectivity index (χ0v) is 24.6. The van der Waals surface area contributed by atoms with Crippen molar-refractivity contribution in [2.24, 2.45) is 0 Å². The van der Waals surface area contributed by atoms with E-state index in [1.165, 1.54) is 11.8 Å². The summed E-state index contributed by atoms with van der Waals surface area (Å²) in [7, 11) is 0. The first-order valence-electron chi connectivity index (χ1n) is 13.8. The molecule has 1 heterocycles. The topological polar surface area (TPSA) is 106 Å². The molecule has 4 aromatic carbocycles. The SMILES string of the molecule is Cc1ccc(/C=C(\NC(=O)c2ccccc2)C(=O)Nc2cccc(SC(C)C(=O)Nc3ccc4c(c3)OCCO4)c2)cc1. The van der Waals surface area contributed by atoms with Crippen molar-refractivity contribution in [3.8, 4) is 11.5 Å². The van der Waals surface area contributed by atoms with Crippen molar-refractivity contribution in [1.29, 1.82) is 0 Å². The minimum atomic E-state index is -0.476. The third kappa shape index (κ3) is 8.05. The maximum absolute atomic E-state index is 13.4. The van der Waals surface area contributed by atoms with Crippen LogP contribution in [0.4, 0.5) is 11.4 Å². The molecule has 8 nitrogen and oxygen atoms in total. The van der Waals surface area contributed by atoms with Crippen LogP contribution >= 0.6 is 11.8 Å². The predicted molar refractivity (Wildman–Crippen MR) is 170 cm³/mol. The highest BCUT2D eigenvalue weighted by atomic mass is 32.2. The first-order chi connectivity index (χ1) is 20.8. The van der Waals surface area contributed by atoms with E-state index >= 15 is 0 Å². The summed E-state index contributed by atoms with van der Waals surface area (Å²) in [4.78, 5) is 40.0. The molecule has 0 bridgehead atoms. The summed E-state index contributed by atoms with van der Waals surface area (Å²) in [6, 6.07) is 28.9. The average Bonchev–Trinajstić information content (AvgIpc) is 3.02. The molecule has 3 amide bonds. The van der Waals surface area contributed by atoms with Gasteiger partial charge in [-0.1, -0.05) is 54.1 Å². The Bertz CT molecular complexity index is 1650. The number of hydrogen-bond donors (Lipinski definition) is 3. The van der Waals surface area contributed by atoms with Gasteiger partial charge in [0.05, 0.1) is 5.25 Å². The fourth-order valence-electron chi connectivity index (χ4n) is 4.24. The lowest BCUT2D eigenvalue weighted by atomic mass is 10.1. The summed E-state index contributed by atoms with van der Waals surface area (Å²) in [6.07, 6.45) is 1.64. The summed E-state index contributed by atoms with van der Waals surface area (Å²) in [5.41, 5.74) is 3.53. The quantitative estimate of drug-likeness (QED) is 0.156. The summed E-state index contributed by atoms with van der Waals surface area (Å²) in [6.45, 7) is 4.75. The Labute approximate surface area is 254 Å². The number of thioether (sulfide) groups is 1. The van der Waals surface area contributed by atoms with E-state index in [1.54, 1.807) is 66.7 Å². The van der Waals surface area contributed by atoms with E-state index in [0.29, 0.717) is 41.7 Å². The molecule has 43 heavy (non-hydrogen) atoms. The molecule has 0 aromatic heterocycles. The first kappa shape index (κ1) is 29.5. The number of fused-ring (bicyclic) bond motifs is 1. The molecule has 3 N–H and O–H groups in total. The molecule has 0 fully saturated rings. The van der Waals surface area contributed by atoms with Crippen molar-refractivity contribution in [2.75, 3.05) is 23.8 Å². The van der Waals surface area contributed by atoms with Gasteiger partial charge in [-0.15, -0.1) is 11.8 Å². The van der Waals surface area contributed by atoms with Crippen LogP contribution in [-0.2, 0) is 9.59 Å². The van der Waals surface area contributed by atoms with Gasteiger partial charge in [0.15, 0.2) is 11.5 Å². The molecular weight excluding hydrogens is 562 g/mol. The van der Waals surface area contributed by atoms with Crippen LogP contribution in [0.1, 0.15) is 28.4 Å². The molecule has 0 saturated heterocycles. The molecule has 1 aliphatic rings. The van der Waals surface area contributed by atoms with Gasteiger partial charge in [0.1, 0.15) is 18.9 Å².